The lowest BCUT2D eigenvalue weighted by molar-refractivity contribution is -0.125. The van der Waals surface area contributed by atoms with Crippen molar-refractivity contribution >= 4 is 52.0 Å². The molecule has 0 radical (unpaired) electrons. The second-order valence-electron chi connectivity index (χ2n) is 5.48. The van der Waals surface area contributed by atoms with Crippen molar-refractivity contribution in [2.24, 2.45) is 0 Å². The molecular weight excluding hydrogens is 378 g/mol. The quantitative estimate of drug-likeness (QED) is 0.814. The molecule has 1 fully saturated rings. The van der Waals surface area contributed by atoms with Gasteiger partial charge in [-0.05, 0) is 36.4 Å². The normalized spacial score (nSPS) is 14.2. The summed E-state index contributed by atoms with van der Waals surface area (Å²) in [5, 5.41) is 5.23. The molecule has 1 aliphatic rings. The molecule has 2 N–H and O–H groups in total. The first kappa shape index (κ1) is 18.4. The Morgan fingerprint density at radius 3 is 2.62 bits per heavy atom. The monoisotopic (exact) mass is 393 g/mol. The van der Waals surface area contributed by atoms with Gasteiger partial charge in [0.05, 0.1) is 22.4 Å². The van der Waals surface area contributed by atoms with E-state index in [0.29, 0.717) is 28.1 Å². The minimum Gasteiger partial charge on any atom is -0.370 e. The number of morpholine rings is 1. The molecule has 0 bridgehead atoms. The van der Waals surface area contributed by atoms with Crippen LogP contribution in [0.4, 0.5) is 11.4 Å². The number of nitrogens with one attached hydrogen (secondary N) is 2. The molecule has 136 valence electrons. The van der Waals surface area contributed by atoms with Crippen molar-refractivity contribution in [1.29, 1.82) is 0 Å². The molecule has 0 aliphatic carbocycles. The predicted molar refractivity (Wildman–Crippen MR) is 99.9 cm³/mol. The first-order valence-electron chi connectivity index (χ1n) is 7.84. The summed E-state index contributed by atoms with van der Waals surface area (Å²) in [7, 11) is 0. The third-order valence-corrected chi connectivity index (χ3v) is 4.88. The number of benzene rings is 1. The largest absolute Gasteiger partial charge is 0.370 e. The summed E-state index contributed by atoms with van der Waals surface area (Å²) < 4.78 is 5.61. The van der Waals surface area contributed by atoms with E-state index in [1.54, 1.807) is 41.3 Å². The van der Waals surface area contributed by atoms with Crippen LogP contribution in [0.3, 0.4) is 0 Å². The molecule has 0 saturated carbocycles. The zero-order valence-corrected chi connectivity index (χ0v) is 15.2. The van der Waals surface area contributed by atoms with E-state index in [1.807, 2.05) is 0 Å². The van der Waals surface area contributed by atoms with E-state index < -0.39 is 0 Å². The van der Waals surface area contributed by atoms with E-state index >= 15 is 0 Å². The van der Waals surface area contributed by atoms with Gasteiger partial charge >= 0.3 is 0 Å². The van der Waals surface area contributed by atoms with Crippen LogP contribution >= 0.6 is 22.9 Å². The summed E-state index contributed by atoms with van der Waals surface area (Å²) in [6.45, 7) is 0.925. The third-order valence-electron chi connectivity index (χ3n) is 3.66. The standard InChI is InChI=1S/C17H16ClN3O4S/c18-14-6-5-13(26-14)17(24)19-9-15(22)20-11-1-3-12(4-2-11)21-7-8-25-10-16(21)23/h1-6H,7-10H2,(H,19,24)(H,20,22). The molecule has 1 aromatic heterocycles. The molecule has 2 heterocycles. The molecule has 2 aromatic rings. The highest BCUT2D eigenvalue weighted by Gasteiger charge is 2.20. The summed E-state index contributed by atoms with van der Waals surface area (Å²) in [5.74, 6) is -0.793. The Labute approximate surface area is 158 Å². The van der Waals surface area contributed by atoms with E-state index in [4.69, 9.17) is 16.3 Å². The molecule has 0 atom stereocenters. The van der Waals surface area contributed by atoms with Gasteiger partial charge in [0.2, 0.25) is 5.91 Å². The van der Waals surface area contributed by atoms with Crippen LogP contribution in [0.15, 0.2) is 36.4 Å². The molecule has 1 aliphatic heterocycles. The topological polar surface area (TPSA) is 87.7 Å². The lowest BCUT2D eigenvalue weighted by atomic mass is 10.2. The molecule has 3 rings (SSSR count). The van der Waals surface area contributed by atoms with Gasteiger partial charge in [0.1, 0.15) is 6.61 Å². The van der Waals surface area contributed by atoms with Crippen LogP contribution in [0.25, 0.3) is 0 Å². The molecule has 1 saturated heterocycles. The summed E-state index contributed by atoms with van der Waals surface area (Å²) in [5.41, 5.74) is 1.33. The van der Waals surface area contributed by atoms with Crippen molar-refractivity contribution in [2.45, 2.75) is 0 Å². The molecule has 26 heavy (non-hydrogen) atoms. The highest BCUT2D eigenvalue weighted by molar-refractivity contribution is 7.18. The average molecular weight is 394 g/mol. The van der Waals surface area contributed by atoms with Gasteiger partial charge < -0.3 is 20.3 Å². The fraction of sp³-hybridized carbons (Fsp3) is 0.235. The van der Waals surface area contributed by atoms with E-state index in [9.17, 15) is 14.4 Å². The molecule has 7 nitrogen and oxygen atoms in total. The Balaban J connectivity index is 1.51. The third kappa shape index (κ3) is 4.60. The van der Waals surface area contributed by atoms with Crippen molar-refractivity contribution < 1.29 is 19.1 Å². The van der Waals surface area contributed by atoms with Gasteiger partial charge in [0.25, 0.3) is 11.8 Å². The van der Waals surface area contributed by atoms with Crippen LogP contribution in [0.5, 0.6) is 0 Å². The van der Waals surface area contributed by atoms with Crippen molar-refractivity contribution in [2.75, 3.05) is 36.5 Å². The van der Waals surface area contributed by atoms with Crippen LogP contribution in [-0.2, 0) is 14.3 Å². The maximum atomic E-state index is 12.0. The second-order valence-corrected chi connectivity index (χ2v) is 7.19. The lowest BCUT2D eigenvalue weighted by Crippen LogP contribution is -2.41. The number of thiophene rings is 1. The van der Waals surface area contributed by atoms with Crippen LogP contribution < -0.4 is 15.5 Å². The number of hydrogen-bond donors (Lipinski definition) is 2. The number of hydrogen-bond acceptors (Lipinski definition) is 5. The Morgan fingerprint density at radius 2 is 1.96 bits per heavy atom. The van der Waals surface area contributed by atoms with Gasteiger partial charge in [-0.1, -0.05) is 11.6 Å². The van der Waals surface area contributed by atoms with Crippen LogP contribution in [-0.4, -0.2) is 44.0 Å². The van der Waals surface area contributed by atoms with Gasteiger partial charge in [-0.2, -0.15) is 0 Å². The summed E-state index contributed by atoms with van der Waals surface area (Å²) in [6.07, 6.45) is 0. The minimum absolute atomic E-state index is 0.0770. The number of rotatable bonds is 5. The number of ether oxygens (including phenoxy) is 1. The van der Waals surface area contributed by atoms with Gasteiger partial charge in [0.15, 0.2) is 0 Å². The maximum absolute atomic E-state index is 12.0. The zero-order valence-electron chi connectivity index (χ0n) is 13.7. The van der Waals surface area contributed by atoms with E-state index in [1.165, 1.54) is 0 Å². The van der Waals surface area contributed by atoms with Crippen LogP contribution in [0.2, 0.25) is 4.34 Å². The van der Waals surface area contributed by atoms with E-state index in [2.05, 4.69) is 10.6 Å². The van der Waals surface area contributed by atoms with Gasteiger partial charge in [-0.25, -0.2) is 0 Å². The highest BCUT2D eigenvalue weighted by atomic mass is 35.5. The summed E-state index contributed by atoms with van der Waals surface area (Å²) in [4.78, 5) is 37.7. The molecule has 3 amide bonds. The second kappa shape index (κ2) is 8.31. The Hall–Kier alpha value is -2.42. The van der Waals surface area contributed by atoms with Crippen molar-refractivity contribution in [3.05, 3.63) is 45.6 Å². The van der Waals surface area contributed by atoms with Crippen molar-refractivity contribution in [3.63, 3.8) is 0 Å². The van der Waals surface area contributed by atoms with Crippen molar-refractivity contribution in [1.82, 2.24) is 5.32 Å². The van der Waals surface area contributed by atoms with Gasteiger partial charge in [-0.15, -0.1) is 11.3 Å². The first-order valence-corrected chi connectivity index (χ1v) is 9.04. The smallest absolute Gasteiger partial charge is 0.261 e. The Kier molecular flexibility index (Phi) is 5.87. The molecule has 1 aromatic carbocycles. The van der Waals surface area contributed by atoms with E-state index in [-0.39, 0.29) is 30.9 Å². The van der Waals surface area contributed by atoms with E-state index in [0.717, 1.165) is 17.0 Å². The number of amides is 3. The van der Waals surface area contributed by atoms with Gasteiger partial charge in [-0.3, -0.25) is 14.4 Å². The number of anilines is 2. The summed E-state index contributed by atoms with van der Waals surface area (Å²) in [6, 6.07) is 10.2. The summed E-state index contributed by atoms with van der Waals surface area (Å²) >= 11 is 6.93. The molecule has 0 unspecified atom stereocenters. The number of halogens is 1. The predicted octanol–water partition coefficient (Wildman–Crippen LogP) is 2.13. The average Bonchev–Trinajstić information content (AvgIpc) is 3.07. The zero-order chi connectivity index (χ0) is 18.5. The SMILES string of the molecule is O=C(CNC(=O)c1ccc(Cl)s1)Nc1ccc(N2CCOCC2=O)cc1. The molecule has 9 heteroatoms. The first-order chi connectivity index (χ1) is 12.5. The van der Waals surface area contributed by atoms with Crippen LogP contribution in [0.1, 0.15) is 9.67 Å². The minimum atomic E-state index is -0.351. The Morgan fingerprint density at radius 1 is 1.19 bits per heavy atom. The lowest BCUT2D eigenvalue weighted by Gasteiger charge is -2.26. The fourth-order valence-corrected chi connectivity index (χ4v) is 3.36. The number of carbonyl (C=O) groups excluding carboxylic acids is 3. The van der Waals surface area contributed by atoms with Crippen LogP contribution in [0, 0.1) is 0 Å². The number of nitrogens with zero attached hydrogens (tertiary/aromatic N) is 1. The fourth-order valence-electron chi connectivity index (χ4n) is 2.40. The Bertz CT molecular complexity index is 822. The van der Waals surface area contributed by atoms with Crippen molar-refractivity contribution in [3.8, 4) is 0 Å². The van der Waals surface area contributed by atoms with Gasteiger partial charge in [0, 0.05) is 17.9 Å². The molecular formula is C17H16ClN3O4S. The highest BCUT2D eigenvalue weighted by Crippen LogP contribution is 2.21. The maximum Gasteiger partial charge on any atom is 0.261 e. The molecule has 0 spiro atoms. The number of carbonyl (C=O) groups is 3.